The van der Waals surface area contributed by atoms with E-state index in [-0.39, 0.29) is 41.4 Å². The highest BCUT2D eigenvalue weighted by atomic mass is 32.1. The van der Waals surface area contributed by atoms with Gasteiger partial charge in [-0.15, -0.1) is 0 Å². The van der Waals surface area contributed by atoms with Crippen LogP contribution in [-0.2, 0) is 51.1 Å². The average Bonchev–Trinajstić information content (AvgIpc) is 3.75. The second kappa shape index (κ2) is 27.3. The van der Waals surface area contributed by atoms with Crippen LogP contribution in [0.2, 0.25) is 0 Å². The molecule has 0 spiro atoms. The number of nitrogens with zero attached hydrogens (tertiary/aromatic N) is 2. The number of hydrogen-bond acceptors (Lipinski definition) is 11. The van der Waals surface area contributed by atoms with Crippen molar-refractivity contribution in [2.24, 2.45) is 11.3 Å². The van der Waals surface area contributed by atoms with Gasteiger partial charge in [-0.3, -0.25) is 33.6 Å². The SMILES string of the molecule is COc1ccc(CCCC2=CC(OCCNC(=O)CCCCCNC(=O)C3C=C(NC(=O)C4CC(S)CN4C(C)=O)C=CC3)CC=C2)c(CCC(C)(C)C(=O)C(=O)N2CCCCC2CC(=O)O)c1OC. The molecule has 2 aliphatic carbocycles. The monoisotopic (exact) mass is 990 g/mol. The van der Waals surface area contributed by atoms with Crippen molar-refractivity contribution in [3.63, 3.8) is 0 Å². The number of carboxylic acid groups (broad SMARTS) is 1. The molecule has 2 heterocycles. The number of ketones is 1. The molecule has 0 radical (unpaired) electrons. The minimum absolute atomic E-state index is 0.0446. The zero-order valence-electron chi connectivity index (χ0n) is 41.7. The number of carbonyl (C=O) groups is 7. The van der Waals surface area contributed by atoms with Crippen molar-refractivity contribution >= 4 is 53.9 Å². The smallest absolute Gasteiger partial charge is 0.305 e. The minimum atomic E-state index is -0.996. The normalized spacial score (nSPS) is 21.1. The molecule has 1 aromatic carbocycles. The molecule has 4 N–H and O–H groups in total. The Hall–Kier alpha value is -5.42. The maximum atomic E-state index is 13.7. The lowest BCUT2D eigenvalue weighted by Gasteiger charge is -2.36. The first-order valence-corrected chi connectivity index (χ1v) is 25.5. The largest absolute Gasteiger partial charge is 0.493 e. The van der Waals surface area contributed by atoms with Gasteiger partial charge in [-0.25, -0.2) is 0 Å². The number of benzene rings is 1. The van der Waals surface area contributed by atoms with Crippen molar-refractivity contribution in [2.45, 2.75) is 147 Å². The van der Waals surface area contributed by atoms with Crippen LogP contribution in [0.5, 0.6) is 11.5 Å². The molecule has 70 heavy (non-hydrogen) atoms. The van der Waals surface area contributed by atoms with E-state index < -0.39 is 41.1 Å². The van der Waals surface area contributed by atoms with Crippen LogP contribution in [0, 0.1) is 11.3 Å². The molecule has 5 rings (SSSR count). The highest BCUT2D eigenvalue weighted by Gasteiger charge is 2.40. The summed E-state index contributed by atoms with van der Waals surface area (Å²) in [5.41, 5.74) is 2.71. The summed E-state index contributed by atoms with van der Waals surface area (Å²) in [7, 11) is 3.18. The Kier molecular flexibility index (Phi) is 21.6. The van der Waals surface area contributed by atoms with Crippen LogP contribution in [0.15, 0.2) is 59.9 Å². The van der Waals surface area contributed by atoms with Gasteiger partial charge in [-0.05, 0) is 113 Å². The van der Waals surface area contributed by atoms with E-state index in [4.69, 9.17) is 14.2 Å². The van der Waals surface area contributed by atoms with Crippen LogP contribution < -0.4 is 25.4 Å². The number of rotatable bonds is 26. The number of hydrogen-bond donors (Lipinski definition) is 5. The van der Waals surface area contributed by atoms with Crippen LogP contribution in [0.4, 0.5) is 0 Å². The molecule has 1 aromatic rings. The van der Waals surface area contributed by atoms with Gasteiger partial charge in [0.1, 0.15) is 6.04 Å². The summed E-state index contributed by atoms with van der Waals surface area (Å²) >= 11 is 4.45. The molecule has 17 heteroatoms. The number of ether oxygens (including phenoxy) is 3. The van der Waals surface area contributed by atoms with Gasteiger partial charge in [0.15, 0.2) is 11.5 Å². The summed E-state index contributed by atoms with van der Waals surface area (Å²) in [6, 6.07) is 2.86. The number of aliphatic carboxylic acids is 1. The number of unbranched alkanes of at least 4 members (excludes halogenated alkanes) is 2. The average molecular weight is 990 g/mol. The van der Waals surface area contributed by atoms with Crippen LogP contribution >= 0.6 is 12.6 Å². The molecule has 0 aromatic heterocycles. The number of thiol groups is 1. The second-order valence-electron chi connectivity index (χ2n) is 19.4. The number of carbonyl (C=O) groups excluding carboxylic acids is 6. The van der Waals surface area contributed by atoms with E-state index in [1.165, 1.54) is 16.7 Å². The van der Waals surface area contributed by atoms with E-state index in [0.29, 0.717) is 94.9 Å². The Morgan fingerprint density at radius 1 is 0.857 bits per heavy atom. The number of aryl methyl sites for hydroxylation is 1. The molecule has 5 unspecified atom stereocenters. The lowest BCUT2D eigenvalue weighted by atomic mass is 9.80. The summed E-state index contributed by atoms with van der Waals surface area (Å²) in [4.78, 5) is 92.1. The fourth-order valence-electron chi connectivity index (χ4n) is 9.68. The fraction of sp³-hybridized carbons (Fsp3) is 0.604. The van der Waals surface area contributed by atoms with E-state index in [2.05, 4.69) is 46.8 Å². The lowest BCUT2D eigenvalue weighted by Crippen LogP contribution is -2.50. The van der Waals surface area contributed by atoms with Crippen molar-refractivity contribution in [1.29, 1.82) is 0 Å². The summed E-state index contributed by atoms with van der Waals surface area (Å²) in [5.74, 6) is -1.95. The summed E-state index contributed by atoms with van der Waals surface area (Å²) < 4.78 is 17.6. The topological polar surface area (TPSA) is 210 Å². The molecule has 16 nitrogen and oxygen atoms in total. The maximum Gasteiger partial charge on any atom is 0.305 e. The molecule has 0 saturated carbocycles. The Morgan fingerprint density at radius 3 is 2.39 bits per heavy atom. The molecule has 5 atom stereocenters. The van der Waals surface area contributed by atoms with E-state index in [1.54, 1.807) is 40.2 Å². The number of amides is 5. The zero-order chi connectivity index (χ0) is 50.8. The molecule has 4 aliphatic rings. The van der Waals surface area contributed by atoms with Gasteiger partial charge in [-0.2, -0.15) is 12.6 Å². The number of piperidine rings is 1. The quantitative estimate of drug-likeness (QED) is 0.0415. The third-order valence-corrected chi connectivity index (χ3v) is 14.0. The van der Waals surface area contributed by atoms with Crippen LogP contribution in [-0.4, -0.2) is 127 Å². The van der Waals surface area contributed by atoms with Crippen LogP contribution in [0.3, 0.4) is 0 Å². The highest BCUT2D eigenvalue weighted by molar-refractivity contribution is 7.81. The Balaban J connectivity index is 0.982. The predicted molar refractivity (Wildman–Crippen MR) is 269 cm³/mol. The molecule has 2 saturated heterocycles. The molecular weight excluding hydrogens is 915 g/mol. The summed E-state index contributed by atoms with van der Waals surface area (Å²) in [6.45, 7) is 7.07. The van der Waals surface area contributed by atoms with Gasteiger partial charge < -0.3 is 45.1 Å². The molecular formula is C53H75N5O11S. The van der Waals surface area contributed by atoms with E-state index >= 15 is 0 Å². The number of methoxy groups -OCH3 is 2. The van der Waals surface area contributed by atoms with Crippen molar-refractivity contribution in [3.8, 4) is 11.5 Å². The van der Waals surface area contributed by atoms with Gasteiger partial charge in [0.05, 0.1) is 39.3 Å². The van der Waals surface area contributed by atoms with Crippen molar-refractivity contribution in [3.05, 3.63) is 71.0 Å². The lowest BCUT2D eigenvalue weighted by molar-refractivity contribution is -0.153. The first-order chi connectivity index (χ1) is 33.5. The first kappa shape index (κ1) is 55.5. The Labute approximate surface area is 418 Å². The molecule has 5 amide bonds. The van der Waals surface area contributed by atoms with Gasteiger partial charge in [0, 0.05) is 67.5 Å². The first-order valence-electron chi connectivity index (χ1n) is 25.0. The number of allylic oxidation sites excluding steroid dienone is 4. The van der Waals surface area contributed by atoms with Gasteiger partial charge in [-0.1, -0.05) is 50.6 Å². The third-order valence-electron chi connectivity index (χ3n) is 13.7. The van der Waals surface area contributed by atoms with Gasteiger partial charge >= 0.3 is 5.97 Å². The maximum absolute atomic E-state index is 13.7. The molecule has 2 fully saturated rings. The van der Waals surface area contributed by atoms with Crippen LogP contribution in [0.25, 0.3) is 0 Å². The molecule has 0 bridgehead atoms. The number of nitrogens with one attached hydrogen (secondary N) is 3. The predicted octanol–water partition coefficient (Wildman–Crippen LogP) is 5.97. The van der Waals surface area contributed by atoms with E-state index in [9.17, 15) is 38.7 Å². The zero-order valence-corrected chi connectivity index (χ0v) is 42.6. The van der Waals surface area contributed by atoms with Crippen molar-refractivity contribution in [2.75, 3.05) is 47.0 Å². The molecule has 384 valence electrons. The standard InChI is InChI=1S/C53H75N5O11S/c1-35(59)58-34-42(70)33-44(58)51(65)56-39-18-13-17-38(31-39)50(64)55-26-9-6-7-21-46(60)54-27-29-69-41-20-12-15-36(30-41)14-11-16-37-22-23-45(67-4)48(68-5)43(37)24-25-53(2,3)49(63)52(66)57-28-10-8-19-40(57)32-47(61)62/h12-13,15,18,22-23,30-31,38,40-42,44,70H,6-11,14,16-17,19-21,24-29,32-34H2,1-5H3,(H,54,60)(H,55,64)(H,56,65)(H,61,62). The highest BCUT2D eigenvalue weighted by Crippen LogP contribution is 2.38. The van der Waals surface area contributed by atoms with Crippen molar-refractivity contribution in [1.82, 2.24) is 25.8 Å². The number of likely N-dealkylation sites (tertiary alicyclic amines) is 2. The second-order valence-corrected chi connectivity index (χ2v) is 20.2. The van der Waals surface area contributed by atoms with E-state index in [1.807, 2.05) is 18.2 Å². The summed E-state index contributed by atoms with van der Waals surface area (Å²) in [6.07, 6.45) is 21.2. The molecule has 2 aliphatic heterocycles. The fourth-order valence-corrected chi connectivity index (χ4v) is 10.1. The van der Waals surface area contributed by atoms with Crippen molar-refractivity contribution < 1.29 is 52.9 Å². The minimum Gasteiger partial charge on any atom is -0.493 e. The Bertz CT molecular complexity index is 2170. The number of Topliss-reactive ketones (excluding diaryl/α,β-unsaturated/α-hetero) is 1. The summed E-state index contributed by atoms with van der Waals surface area (Å²) in [5, 5.41) is 18.1. The number of carboxylic acids is 1. The Morgan fingerprint density at radius 2 is 1.64 bits per heavy atom. The van der Waals surface area contributed by atoms with E-state index in [0.717, 1.165) is 68.1 Å². The van der Waals surface area contributed by atoms with Crippen LogP contribution in [0.1, 0.15) is 122 Å². The van der Waals surface area contributed by atoms with Gasteiger partial charge in [0.2, 0.25) is 29.4 Å². The van der Waals surface area contributed by atoms with Gasteiger partial charge in [0.25, 0.3) is 5.91 Å². The third kappa shape index (κ3) is 16.3.